The maximum Gasteiger partial charge on any atom is 0.350 e. The summed E-state index contributed by atoms with van der Waals surface area (Å²) in [6, 6.07) is 23.1. The third kappa shape index (κ3) is 21.1. The minimum absolute atomic E-state index is 0.0316. The predicted molar refractivity (Wildman–Crippen MR) is 390 cm³/mol. The number of fused-ring (bicyclic) bond motifs is 5. The number of nitrogens with one attached hydrogen (secondary N) is 1. The summed E-state index contributed by atoms with van der Waals surface area (Å²) in [4.78, 5) is 114. The largest absolute Gasteiger partial charge is 0.466 e. The molecule has 7 rings (SSSR count). The molecule has 3 fully saturated rings. The molecule has 3 aliphatic carbocycles. The van der Waals surface area contributed by atoms with E-state index < -0.39 is 119 Å². The smallest absolute Gasteiger partial charge is 0.350 e. The van der Waals surface area contributed by atoms with Gasteiger partial charge >= 0.3 is 35.8 Å². The number of aliphatic hydroxyl groups excluding tert-OH is 1. The van der Waals surface area contributed by atoms with Crippen LogP contribution in [-0.2, 0) is 61.9 Å². The molecule has 1 heterocycles. The minimum atomic E-state index is -2.47. The van der Waals surface area contributed by atoms with Gasteiger partial charge in [-0.15, -0.1) is 0 Å². The van der Waals surface area contributed by atoms with E-state index in [9.17, 15) is 39.0 Å². The zero-order valence-corrected chi connectivity index (χ0v) is 62.2. The molecule has 1 amide bonds. The van der Waals surface area contributed by atoms with E-state index in [1.165, 1.54) is 53.8 Å². The number of aliphatic hydroxyl groups is 2. The fraction of sp³-hybridized carbons (Fsp3) is 0.548. The molecule has 2 bridgehead atoms. The van der Waals surface area contributed by atoms with Gasteiger partial charge in [0, 0.05) is 50.5 Å². The molecule has 3 N–H and O–H groups in total. The molecule has 11 atom stereocenters. The van der Waals surface area contributed by atoms with Crippen molar-refractivity contribution in [2.75, 3.05) is 13.2 Å². The van der Waals surface area contributed by atoms with Gasteiger partial charge in [0.2, 0.25) is 6.10 Å². The lowest BCUT2D eigenvalue weighted by Crippen LogP contribution is -2.82. The van der Waals surface area contributed by atoms with Gasteiger partial charge in [0.15, 0.2) is 17.5 Å². The highest BCUT2D eigenvalue weighted by Gasteiger charge is 2.78. The molecule has 3 aromatic rings. The van der Waals surface area contributed by atoms with E-state index in [4.69, 9.17) is 33.2 Å². The van der Waals surface area contributed by atoms with Gasteiger partial charge in [0.25, 0.3) is 5.91 Å². The molecule has 2 saturated carbocycles. The highest BCUT2D eigenvalue weighted by atomic mass is 16.6. The summed E-state index contributed by atoms with van der Waals surface area (Å²) in [6.07, 6.45) is 15.2. The zero-order chi connectivity index (χ0) is 74.4. The summed E-state index contributed by atoms with van der Waals surface area (Å²) in [5.74, 6) is -7.98. The lowest BCUT2D eigenvalue weighted by molar-refractivity contribution is -0.346. The van der Waals surface area contributed by atoms with Crippen molar-refractivity contribution in [3.05, 3.63) is 177 Å². The van der Waals surface area contributed by atoms with Crippen LogP contribution in [0.25, 0.3) is 0 Å². The first-order valence-electron chi connectivity index (χ1n) is 36.7. The molecule has 18 heteroatoms. The van der Waals surface area contributed by atoms with Crippen molar-refractivity contribution in [2.24, 2.45) is 16.7 Å². The second kappa shape index (κ2) is 37.9. The van der Waals surface area contributed by atoms with E-state index in [1.54, 1.807) is 92.7 Å². The lowest BCUT2D eigenvalue weighted by Gasteiger charge is -2.67. The molecule has 0 radical (unpaired) electrons. The summed E-state index contributed by atoms with van der Waals surface area (Å²) in [6.45, 7) is 21.4. The first kappa shape index (κ1) is 81.2. The average molecular weight is 1410 g/mol. The fourth-order valence-electron chi connectivity index (χ4n) is 15.1. The Morgan fingerprint density at radius 1 is 0.608 bits per heavy atom. The molecule has 1 aliphatic heterocycles. The molecule has 0 spiro atoms. The Morgan fingerprint density at radius 2 is 1.13 bits per heavy atom. The molecule has 3 aromatic carbocycles. The van der Waals surface area contributed by atoms with Crippen LogP contribution in [0.3, 0.4) is 0 Å². The van der Waals surface area contributed by atoms with Gasteiger partial charge in [0.1, 0.15) is 30.0 Å². The number of hydrogen-bond acceptors (Lipinski definition) is 17. The number of amides is 1. The third-order valence-corrected chi connectivity index (χ3v) is 21.0. The molecule has 0 unspecified atom stereocenters. The number of ether oxygens (including phenoxy) is 7. The predicted octanol–water partition coefficient (Wildman–Crippen LogP) is 15.6. The second-order valence-electron chi connectivity index (χ2n) is 29.4. The molecular weight excluding hydrogens is 1290 g/mol. The van der Waals surface area contributed by atoms with E-state index >= 15 is 9.59 Å². The summed E-state index contributed by atoms with van der Waals surface area (Å²) in [7, 11) is 0. The van der Waals surface area contributed by atoms with Crippen molar-refractivity contribution < 1.29 is 81.7 Å². The van der Waals surface area contributed by atoms with E-state index in [2.05, 4.69) is 77.2 Å². The number of carbonyl (C=O) groups is 8. The van der Waals surface area contributed by atoms with Crippen LogP contribution in [0.15, 0.2) is 160 Å². The Morgan fingerprint density at radius 3 is 1.67 bits per heavy atom. The number of benzene rings is 3. The van der Waals surface area contributed by atoms with Crippen LogP contribution >= 0.6 is 0 Å². The van der Waals surface area contributed by atoms with E-state index in [1.807, 2.05) is 0 Å². The fourth-order valence-corrected chi connectivity index (χ4v) is 15.1. The maximum atomic E-state index is 15.9. The Kier molecular flexibility index (Phi) is 30.2. The first-order chi connectivity index (χ1) is 48.5. The Bertz CT molecular complexity index is 3580. The van der Waals surface area contributed by atoms with E-state index in [0.717, 1.165) is 97.3 Å². The van der Waals surface area contributed by atoms with Crippen molar-refractivity contribution in [3.63, 3.8) is 0 Å². The summed E-state index contributed by atoms with van der Waals surface area (Å²) in [5, 5.41) is 29.4. The SMILES string of the molecule is CC(=O)O[C@H]1C(=O)[C@@]2(C)[C@H]([C@H](OC(=O)c3ccccc3)[C@]3(O)C[C@H](OC(=O)[C@H](OC(=O)CCCCCCCCC(=O)OCCC/C(C)=C/CC/C(C)=C/CC/C=C(\C)CC/C=C(\C)CCC=C(C)C)[C@@H](NC(=O)c4ccccc4)c4ccccc4)C(C)=C1C3(C)C)[C@]1(OC(C)=O)CO[C@@H]1C[C@@H]2O. The molecule has 4 aliphatic rings. The van der Waals surface area contributed by atoms with Crippen LogP contribution in [0.2, 0.25) is 0 Å². The Labute approximate surface area is 604 Å². The maximum absolute atomic E-state index is 15.9. The molecular formula is C84H111NO17. The van der Waals surface area contributed by atoms with Crippen LogP contribution in [0.5, 0.6) is 0 Å². The quantitative estimate of drug-likeness (QED) is 0.0212. The number of carbonyl (C=O) groups excluding carboxylic acids is 8. The molecule has 0 aromatic heterocycles. The van der Waals surface area contributed by atoms with Gasteiger partial charge < -0.3 is 48.7 Å². The van der Waals surface area contributed by atoms with Gasteiger partial charge in [-0.05, 0) is 173 Å². The topological polar surface area (TPSA) is 254 Å². The number of Topliss-reactive ketones (excluding diaryl/α,β-unsaturated/α-hetero) is 1. The molecule has 102 heavy (non-hydrogen) atoms. The highest BCUT2D eigenvalue weighted by molar-refractivity contribution is 5.96. The number of esters is 6. The average Bonchev–Trinajstić information content (AvgIpc) is 0.669. The highest BCUT2D eigenvalue weighted by Crippen LogP contribution is 2.64. The Hall–Kier alpha value is -8.06. The molecule has 554 valence electrons. The van der Waals surface area contributed by atoms with E-state index in [0.29, 0.717) is 37.9 Å². The van der Waals surface area contributed by atoms with Gasteiger partial charge in [-0.3, -0.25) is 28.8 Å². The first-order valence-corrected chi connectivity index (χ1v) is 36.7. The third-order valence-electron chi connectivity index (χ3n) is 21.0. The standard InChI is InChI=1S/C84H111NO17/c1-55(2)34-30-37-58(5)40-31-38-56(3)35-28-29-36-57(4)39-32-41-59(6)42-33-51-96-69(89)49-26-15-13-14-16-27-50-70(90)100-74(72(63-43-20-17-21-44-63)85-78(92)64-45-22-18-23-46-64)80(94)99-66-53-84(95)77(101-79(93)65-47-24-19-25-48-65)75-82(12,67(88)52-68-83(75,54-97-68)102-62(9)87)76(91)73(98-61(8)86)71(60(66)7)81(84,10)11/h17-25,34-36,40-41,43-48,66-68,72-75,77,88,95H,13-16,26-33,37-39,42,49-54H2,1-12H3,(H,85,92)/b56-35+,57-36+,58-40+,59-41+/t66-,67-,68+,72-,73+,74+,75-,77-,82+,83-,84+/m0/s1. The van der Waals surface area contributed by atoms with Crippen molar-refractivity contribution in [1.29, 1.82) is 0 Å². The Balaban J connectivity index is 0.992. The van der Waals surface area contributed by atoms with Crippen LogP contribution in [0.4, 0.5) is 0 Å². The van der Waals surface area contributed by atoms with Crippen molar-refractivity contribution in [2.45, 2.75) is 265 Å². The number of hydrogen-bond donors (Lipinski definition) is 3. The number of unbranched alkanes of at least 4 members (excludes halogenated alkanes) is 6. The van der Waals surface area contributed by atoms with Crippen LogP contribution in [0, 0.1) is 16.7 Å². The van der Waals surface area contributed by atoms with Gasteiger partial charge in [0.05, 0.1) is 36.2 Å². The summed E-state index contributed by atoms with van der Waals surface area (Å²) < 4.78 is 43.0. The monoisotopic (exact) mass is 1410 g/mol. The van der Waals surface area contributed by atoms with Crippen molar-refractivity contribution in [1.82, 2.24) is 5.32 Å². The van der Waals surface area contributed by atoms with Crippen molar-refractivity contribution >= 4 is 47.5 Å². The zero-order valence-electron chi connectivity index (χ0n) is 62.2. The lowest BCUT2D eigenvalue weighted by atomic mass is 9.44. The van der Waals surface area contributed by atoms with Gasteiger partial charge in [-0.2, -0.15) is 0 Å². The number of ketones is 1. The normalized spacial score (nSPS) is 24.6. The number of allylic oxidation sites excluding steroid dienone is 10. The summed E-state index contributed by atoms with van der Waals surface area (Å²) in [5.41, 5.74) is -0.426. The number of rotatable bonds is 36. The second-order valence-corrected chi connectivity index (χ2v) is 29.4. The minimum Gasteiger partial charge on any atom is -0.466 e. The van der Waals surface area contributed by atoms with Gasteiger partial charge in [-0.1, -0.05) is 165 Å². The van der Waals surface area contributed by atoms with Crippen LogP contribution < -0.4 is 5.32 Å². The van der Waals surface area contributed by atoms with E-state index in [-0.39, 0.29) is 47.7 Å². The van der Waals surface area contributed by atoms with Crippen LogP contribution in [0.1, 0.15) is 244 Å². The van der Waals surface area contributed by atoms with Crippen molar-refractivity contribution in [3.8, 4) is 0 Å². The molecule has 1 saturated heterocycles. The van der Waals surface area contributed by atoms with Gasteiger partial charge in [-0.25, -0.2) is 9.59 Å². The summed E-state index contributed by atoms with van der Waals surface area (Å²) >= 11 is 0. The van der Waals surface area contributed by atoms with Crippen LogP contribution in [-0.4, -0.2) is 119 Å². The molecule has 18 nitrogen and oxygen atoms in total.